The van der Waals surface area contributed by atoms with Crippen LogP contribution in [0, 0.1) is 0 Å². The molecule has 35 heavy (non-hydrogen) atoms. The summed E-state index contributed by atoms with van der Waals surface area (Å²) in [5, 5.41) is 33.7. The number of aromatic nitrogens is 2. The Morgan fingerprint density at radius 3 is 2.03 bits per heavy atom. The zero-order chi connectivity index (χ0) is 26.5. The normalized spacial score (nSPS) is 14.1. The molecule has 0 spiro atoms. The molecule has 4 amide bonds. The van der Waals surface area contributed by atoms with Gasteiger partial charge in [0.15, 0.2) is 0 Å². The van der Waals surface area contributed by atoms with Gasteiger partial charge >= 0.3 is 11.9 Å². The Balaban J connectivity index is 3.02. The number of imidazole rings is 1. The van der Waals surface area contributed by atoms with E-state index in [0.717, 1.165) is 0 Å². The molecule has 0 aliphatic heterocycles. The molecule has 4 unspecified atom stereocenters. The summed E-state index contributed by atoms with van der Waals surface area (Å²) in [5.41, 5.74) is 11.2. The highest BCUT2D eigenvalue weighted by Gasteiger charge is 2.30. The number of carboxylic acid groups (broad SMARTS) is 2. The first-order valence-corrected chi connectivity index (χ1v) is 10.4. The van der Waals surface area contributed by atoms with E-state index in [2.05, 4.69) is 25.9 Å². The summed E-state index contributed by atoms with van der Waals surface area (Å²) in [7, 11) is 0. The molecule has 4 atom stereocenters. The first kappa shape index (κ1) is 29.0. The van der Waals surface area contributed by atoms with E-state index in [-0.39, 0.29) is 25.7 Å². The minimum absolute atomic E-state index is 0.163. The van der Waals surface area contributed by atoms with Crippen LogP contribution in [0.5, 0.6) is 0 Å². The molecule has 1 rings (SSSR count). The van der Waals surface area contributed by atoms with Gasteiger partial charge in [-0.15, -0.1) is 0 Å². The third-order valence-electron chi connectivity index (χ3n) is 4.73. The maximum absolute atomic E-state index is 12.9. The molecule has 0 saturated heterocycles. The van der Waals surface area contributed by atoms with Crippen LogP contribution in [0.15, 0.2) is 12.5 Å². The van der Waals surface area contributed by atoms with Crippen molar-refractivity contribution in [3.63, 3.8) is 0 Å². The predicted octanol–water partition coefficient (Wildman–Crippen LogP) is -4.06. The Labute approximate surface area is 198 Å². The Hall–Kier alpha value is -4.05. The van der Waals surface area contributed by atoms with Crippen LogP contribution in [-0.4, -0.2) is 91.6 Å². The van der Waals surface area contributed by atoms with E-state index in [1.54, 1.807) is 0 Å². The van der Waals surface area contributed by atoms with Crippen molar-refractivity contribution in [2.24, 2.45) is 11.5 Å². The van der Waals surface area contributed by atoms with Crippen LogP contribution in [0.3, 0.4) is 0 Å². The second kappa shape index (κ2) is 14.3. The standard InChI is InChI=1S/C19H29N7O9/c20-10(1-4-15(29)30)16(31)24-11(2-3-14(21)28)17(32)25-12(5-9-6-22-8-23-9)18(33)26-13(7-27)19(34)35/h6,8,10-13,27H,1-5,7,20H2,(H2,21,28)(H,22,23)(H,24,31)(H,25,32)(H,26,33)(H,29,30)(H,34,35). The van der Waals surface area contributed by atoms with Crippen LogP contribution < -0.4 is 27.4 Å². The number of hydrogen-bond donors (Lipinski definition) is 9. The lowest BCUT2D eigenvalue weighted by Crippen LogP contribution is -2.58. The minimum Gasteiger partial charge on any atom is -0.481 e. The number of rotatable bonds is 16. The van der Waals surface area contributed by atoms with E-state index < -0.39 is 72.8 Å². The van der Waals surface area contributed by atoms with Crippen molar-refractivity contribution in [2.75, 3.05) is 6.61 Å². The molecule has 1 heterocycles. The molecule has 0 saturated carbocycles. The van der Waals surface area contributed by atoms with Crippen LogP contribution in [0.1, 0.15) is 31.4 Å². The topological polar surface area (TPSA) is 280 Å². The summed E-state index contributed by atoms with van der Waals surface area (Å²) < 4.78 is 0. The summed E-state index contributed by atoms with van der Waals surface area (Å²) in [6.45, 7) is -0.905. The lowest BCUT2D eigenvalue weighted by Gasteiger charge is -2.24. The van der Waals surface area contributed by atoms with Crippen molar-refractivity contribution in [1.82, 2.24) is 25.9 Å². The Morgan fingerprint density at radius 2 is 1.51 bits per heavy atom. The van der Waals surface area contributed by atoms with Crippen molar-refractivity contribution in [2.45, 2.75) is 56.3 Å². The number of nitrogens with zero attached hydrogens (tertiary/aromatic N) is 1. The average molecular weight is 499 g/mol. The fraction of sp³-hybridized carbons (Fsp3) is 0.526. The third-order valence-corrected chi connectivity index (χ3v) is 4.73. The lowest BCUT2D eigenvalue weighted by molar-refractivity contribution is -0.143. The molecule has 16 heteroatoms. The van der Waals surface area contributed by atoms with Gasteiger partial charge in [0.1, 0.15) is 18.1 Å². The first-order valence-electron chi connectivity index (χ1n) is 10.4. The maximum atomic E-state index is 12.9. The molecular formula is C19H29N7O9. The fourth-order valence-electron chi connectivity index (χ4n) is 2.80. The number of nitrogens with one attached hydrogen (secondary N) is 4. The Kier molecular flexibility index (Phi) is 11.8. The number of aliphatic hydroxyl groups is 1. The van der Waals surface area contributed by atoms with Gasteiger partial charge in [-0.3, -0.25) is 24.0 Å². The van der Waals surface area contributed by atoms with E-state index in [4.69, 9.17) is 26.8 Å². The number of primary amides is 1. The highest BCUT2D eigenvalue weighted by atomic mass is 16.4. The zero-order valence-corrected chi connectivity index (χ0v) is 18.6. The number of H-pyrrole nitrogens is 1. The van der Waals surface area contributed by atoms with Gasteiger partial charge in [0.05, 0.1) is 19.0 Å². The molecule has 0 aliphatic carbocycles. The summed E-state index contributed by atoms with van der Waals surface area (Å²) in [6.07, 6.45) is 1.33. The highest BCUT2D eigenvalue weighted by Crippen LogP contribution is 2.05. The number of hydrogen-bond acceptors (Lipinski definition) is 9. The molecular weight excluding hydrogens is 470 g/mol. The molecule has 11 N–H and O–H groups in total. The number of aliphatic carboxylic acids is 2. The smallest absolute Gasteiger partial charge is 0.328 e. The van der Waals surface area contributed by atoms with E-state index >= 15 is 0 Å². The van der Waals surface area contributed by atoms with Crippen LogP contribution in [0.25, 0.3) is 0 Å². The Morgan fingerprint density at radius 1 is 0.914 bits per heavy atom. The Bertz CT molecular complexity index is 906. The van der Waals surface area contributed by atoms with E-state index in [1.165, 1.54) is 12.5 Å². The van der Waals surface area contributed by atoms with Crippen LogP contribution >= 0.6 is 0 Å². The van der Waals surface area contributed by atoms with Gasteiger partial charge in [-0.1, -0.05) is 0 Å². The first-order chi connectivity index (χ1) is 16.4. The molecule has 16 nitrogen and oxygen atoms in total. The van der Waals surface area contributed by atoms with Crippen molar-refractivity contribution in [1.29, 1.82) is 0 Å². The summed E-state index contributed by atoms with van der Waals surface area (Å²) in [5.74, 6) is -6.18. The van der Waals surface area contributed by atoms with E-state index in [9.17, 15) is 28.8 Å². The average Bonchev–Trinajstić information content (AvgIpc) is 3.30. The second-order valence-corrected chi connectivity index (χ2v) is 7.53. The van der Waals surface area contributed by atoms with Crippen LogP contribution in [0.4, 0.5) is 0 Å². The van der Waals surface area contributed by atoms with Gasteiger partial charge in [-0.05, 0) is 12.8 Å². The van der Waals surface area contributed by atoms with Crippen molar-refractivity contribution in [3.05, 3.63) is 18.2 Å². The van der Waals surface area contributed by atoms with Gasteiger partial charge in [0.2, 0.25) is 23.6 Å². The van der Waals surface area contributed by atoms with Crippen molar-refractivity contribution in [3.8, 4) is 0 Å². The largest absolute Gasteiger partial charge is 0.481 e. The number of aromatic amines is 1. The number of amides is 4. The van der Waals surface area contributed by atoms with Crippen LogP contribution in [-0.2, 0) is 35.2 Å². The van der Waals surface area contributed by atoms with Gasteiger partial charge < -0.3 is 47.7 Å². The van der Waals surface area contributed by atoms with Crippen molar-refractivity contribution < 1.29 is 44.1 Å². The highest BCUT2D eigenvalue weighted by molar-refractivity contribution is 5.94. The van der Waals surface area contributed by atoms with Gasteiger partial charge in [0.25, 0.3) is 0 Å². The SMILES string of the molecule is NC(=O)CCC(NC(=O)C(N)CCC(=O)O)C(=O)NC(Cc1cnc[nH]1)C(=O)NC(CO)C(=O)O. The molecule has 194 valence electrons. The fourth-order valence-corrected chi connectivity index (χ4v) is 2.80. The third kappa shape index (κ3) is 10.6. The number of carboxylic acids is 2. The number of nitrogens with two attached hydrogens (primary N) is 2. The maximum Gasteiger partial charge on any atom is 0.328 e. The van der Waals surface area contributed by atoms with Crippen molar-refractivity contribution >= 4 is 35.6 Å². The number of carbonyl (C=O) groups is 6. The lowest BCUT2D eigenvalue weighted by atomic mass is 10.1. The summed E-state index contributed by atoms with van der Waals surface area (Å²) >= 11 is 0. The molecule has 0 aliphatic rings. The molecule has 0 radical (unpaired) electrons. The molecule has 1 aromatic heterocycles. The quantitative estimate of drug-likeness (QED) is 0.105. The van der Waals surface area contributed by atoms with Gasteiger partial charge in [0, 0.05) is 31.2 Å². The number of carbonyl (C=O) groups excluding carboxylic acids is 4. The van der Waals surface area contributed by atoms with Crippen LogP contribution in [0.2, 0.25) is 0 Å². The van der Waals surface area contributed by atoms with E-state index in [1.807, 2.05) is 0 Å². The molecule has 1 aromatic rings. The summed E-state index contributed by atoms with van der Waals surface area (Å²) in [6, 6.07) is -5.65. The molecule has 0 fully saturated rings. The number of aliphatic hydroxyl groups excluding tert-OH is 1. The van der Waals surface area contributed by atoms with E-state index in [0.29, 0.717) is 5.69 Å². The summed E-state index contributed by atoms with van der Waals surface area (Å²) in [4.78, 5) is 77.5. The molecule has 0 aromatic carbocycles. The zero-order valence-electron chi connectivity index (χ0n) is 18.6. The second-order valence-electron chi connectivity index (χ2n) is 7.53. The van der Waals surface area contributed by atoms with Gasteiger partial charge in [-0.25, -0.2) is 9.78 Å². The van der Waals surface area contributed by atoms with Gasteiger partial charge in [-0.2, -0.15) is 0 Å². The molecule has 0 bridgehead atoms. The predicted molar refractivity (Wildman–Crippen MR) is 116 cm³/mol. The minimum atomic E-state index is -1.64. The monoisotopic (exact) mass is 499 g/mol.